The summed E-state index contributed by atoms with van der Waals surface area (Å²) in [7, 11) is -4.07. The van der Waals surface area contributed by atoms with Crippen LogP contribution in [0, 0.1) is 5.92 Å². The molecule has 3 aromatic carbocycles. The molecule has 1 heterocycles. The molecule has 4 rings (SSSR count). The molecule has 0 saturated carbocycles. The lowest BCUT2D eigenvalue weighted by atomic mass is 10.2. The van der Waals surface area contributed by atoms with Crippen LogP contribution in [0.4, 0.5) is 0 Å². The Balaban J connectivity index is 1.58. The minimum atomic E-state index is -3.54. The first-order valence-corrected chi connectivity index (χ1v) is 12.7. The van der Waals surface area contributed by atoms with E-state index in [1.54, 1.807) is 38.1 Å². The number of carbonyl (C=O) groups excluding carboxylic acids is 1. The highest BCUT2D eigenvalue weighted by Crippen LogP contribution is 2.44. The second kappa shape index (κ2) is 8.77. The van der Waals surface area contributed by atoms with E-state index in [9.17, 15) is 13.2 Å². The number of esters is 1. The van der Waals surface area contributed by atoms with Crippen molar-refractivity contribution >= 4 is 26.7 Å². The van der Waals surface area contributed by atoms with Crippen molar-refractivity contribution in [2.45, 2.75) is 38.3 Å². The average molecular weight is 456 g/mol. The normalized spacial score (nSPS) is 14.5. The number of benzene rings is 3. The Morgan fingerprint density at radius 3 is 1.94 bits per heavy atom. The number of fused-ring (bicyclic) bond motifs is 2. The van der Waals surface area contributed by atoms with E-state index in [1.165, 1.54) is 0 Å². The van der Waals surface area contributed by atoms with Crippen LogP contribution in [0.3, 0.4) is 0 Å². The average Bonchev–Trinajstić information content (AvgIpc) is 2.78. The standard InChI is InChI=1S/C24H23O5S2/c1-17(2)24(25)29-16-15-28-18-11-13-19(14-12-18)30-20-7-3-5-9-22(20)31(26,27)23-10-6-4-8-21(23)30/h3-14,17H,15-16H2,1-2H3/q+1. The minimum absolute atomic E-state index is 0.162. The van der Waals surface area contributed by atoms with E-state index in [1.807, 2.05) is 48.5 Å². The molecular weight excluding hydrogens is 432 g/mol. The highest BCUT2D eigenvalue weighted by Gasteiger charge is 2.44. The molecule has 7 heteroatoms. The summed E-state index contributed by atoms with van der Waals surface area (Å²) < 4.78 is 37.0. The Morgan fingerprint density at radius 1 is 0.839 bits per heavy atom. The van der Waals surface area contributed by atoms with E-state index in [2.05, 4.69) is 0 Å². The van der Waals surface area contributed by atoms with Crippen molar-refractivity contribution in [1.82, 2.24) is 0 Å². The van der Waals surface area contributed by atoms with Crippen molar-refractivity contribution in [2.75, 3.05) is 13.2 Å². The number of hydrogen-bond acceptors (Lipinski definition) is 5. The second-order valence-corrected chi connectivity index (χ2v) is 11.2. The van der Waals surface area contributed by atoms with Gasteiger partial charge in [0.1, 0.15) is 39.6 Å². The van der Waals surface area contributed by atoms with E-state index in [4.69, 9.17) is 9.47 Å². The monoisotopic (exact) mass is 455 g/mol. The number of carbonyl (C=O) groups is 1. The third-order valence-corrected chi connectivity index (χ3v) is 9.31. The zero-order chi connectivity index (χ0) is 22.0. The number of sulfone groups is 1. The molecule has 0 aliphatic carbocycles. The van der Waals surface area contributed by atoms with Gasteiger partial charge < -0.3 is 9.47 Å². The maximum absolute atomic E-state index is 13.1. The van der Waals surface area contributed by atoms with Gasteiger partial charge in [-0.3, -0.25) is 4.79 Å². The zero-order valence-corrected chi connectivity index (χ0v) is 18.9. The molecule has 0 atom stereocenters. The highest BCUT2D eigenvalue weighted by molar-refractivity contribution is 8.00. The van der Waals surface area contributed by atoms with Crippen molar-refractivity contribution in [3.63, 3.8) is 0 Å². The fourth-order valence-corrected chi connectivity index (χ4v) is 8.01. The van der Waals surface area contributed by atoms with Crippen LogP contribution >= 0.6 is 0 Å². The first-order valence-electron chi connectivity index (χ1n) is 9.96. The van der Waals surface area contributed by atoms with Gasteiger partial charge in [0.2, 0.25) is 9.84 Å². The smallest absolute Gasteiger partial charge is 0.308 e. The number of ether oxygens (including phenoxy) is 2. The fraction of sp³-hybridized carbons (Fsp3) is 0.208. The lowest BCUT2D eigenvalue weighted by molar-refractivity contribution is -0.148. The van der Waals surface area contributed by atoms with Gasteiger partial charge in [-0.05, 0) is 48.5 Å². The van der Waals surface area contributed by atoms with Gasteiger partial charge in [-0.2, -0.15) is 0 Å². The molecule has 0 amide bonds. The van der Waals surface area contributed by atoms with E-state index in [0.717, 1.165) is 14.7 Å². The minimum Gasteiger partial charge on any atom is -0.490 e. The van der Waals surface area contributed by atoms with Crippen LogP contribution in [0.15, 0.2) is 97.3 Å². The van der Waals surface area contributed by atoms with Crippen molar-refractivity contribution in [3.05, 3.63) is 72.8 Å². The van der Waals surface area contributed by atoms with Crippen molar-refractivity contribution < 1.29 is 22.7 Å². The van der Waals surface area contributed by atoms with Crippen LogP contribution in [-0.4, -0.2) is 27.6 Å². The molecular formula is C24H23O5S2+. The Kier molecular flexibility index (Phi) is 6.07. The second-order valence-electron chi connectivity index (χ2n) is 7.35. The SMILES string of the molecule is CC(C)C(=O)OCCOc1ccc([S+]2c3ccccc3S(=O)(=O)c3ccccc32)cc1. The number of hydrogen-bond donors (Lipinski definition) is 0. The summed E-state index contributed by atoms with van der Waals surface area (Å²) >= 11 is 0. The predicted molar refractivity (Wildman–Crippen MR) is 118 cm³/mol. The molecule has 0 bridgehead atoms. The zero-order valence-electron chi connectivity index (χ0n) is 17.3. The van der Waals surface area contributed by atoms with Gasteiger partial charge in [0.25, 0.3) is 0 Å². The summed E-state index contributed by atoms with van der Waals surface area (Å²) in [6.07, 6.45) is 0. The van der Waals surface area contributed by atoms with E-state index >= 15 is 0 Å². The first-order chi connectivity index (χ1) is 14.9. The van der Waals surface area contributed by atoms with Gasteiger partial charge in [-0.1, -0.05) is 38.1 Å². The van der Waals surface area contributed by atoms with Gasteiger partial charge in [-0.25, -0.2) is 8.42 Å². The predicted octanol–water partition coefficient (Wildman–Crippen LogP) is 4.51. The van der Waals surface area contributed by atoms with Crippen LogP contribution in [0.5, 0.6) is 5.75 Å². The molecule has 5 nitrogen and oxygen atoms in total. The molecule has 3 aromatic rings. The molecule has 0 aromatic heterocycles. The quantitative estimate of drug-likeness (QED) is 0.243. The van der Waals surface area contributed by atoms with Crippen molar-refractivity contribution in [3.8, 4) is 5.75 Å². The van der Waals surface area contributed by atoms with Gasteiger partial charge in [0, 0.05) is 0 Å². The maximum Gasteiger partial charge on any atom is 0.308 e. The van der Waals surface area contributed by atoms with E-state index in [-0.39, 0.29) is 25.1 Å². The molecule has 31 heavy (non-hydrogen) atoms. The lowest BCUT2D eigenvalue weighted by Crippen LogP contribution is -2.20. The Hall–Kier alpha value is -2.77. The summed E-state index contributed by atoms with van der Waals surface area (Å²) in [5, 5.41) is 0. The summed E-state index contributed by atoms with van der Waals surface area (Å²) in [6, 6.07) is 22.0. The molecule has 0 radical (unpaired) electrons. The third-order valence-electron chi connectivity index (χ3n) is 4.84. The lowest BCUT2D eigenvalue weighted by Gasteiger charge is -2.19. The first kappa shape index (κ1) is 21.5. The molecule has 0 fully saturated rings. The number of rotatable bonds is 6. The summed E-state index contributed by atoms with van der Waals surface area (Å²) in [6.45, 7) is 4.04. The highest BCUT2D eigenvalue weighted by atomic mass is 32.2. The molecule has 160 valence electrons. The van der Waals surface area contributed by atoms with Crippen LogP contribution < -0.4 is 4.74 Å². The summed E-state index contributed by atoms with van der Waals surface area (Å²) in [5.74, 6) is 0.259. The molecule has 0 unspecified atom stereocenters. The molecule has 1 aliphatic rings. The third kappa shape index (κ3) is 4.20. The molecule has 0 N–H and O–H groups in total. The Morgan fingerprint density at radius 2 is 1.39 bits per heavy atom. The molecule has 1 aliphatic heterocycles. The van der Waals surface area contributed by atoms with Gasteiger partial charge >= 0.3 is 5.97 Å². The van der Waals surface area contributed by atoms with Crippen LogP contribution in [0.1, 0.15) is 13.8 Å². The fourth-order valence-electron chi connectivity index (χ4n) is 3.31. The Labute approximate surface area is 185 Å². The topological polar surface area (TPSA) is 69.7 Å². The van der Waals surface area contributed by atoms with Crippen LogP contribution in [-0.2, 0) is 30.3 Å². The largest absolute Gasteiger partial charge is 0.490 e. The van der Waals surface area contributed by atoms with Crippen molar-refractivity contribution in [2.24, 2.45) is 5.92 Å². The van der Waals surface area contributed by atoms with E-state index < -0.39 is 20.7 Å². The van der Waals surface area contributed by atoms with Crippen molar-refractivity contribution in [1.29, 1.82) is 0 Å². The van der Waals surface area contributed by atoms with E-state index in [0.29, 0.717) is 15.5 Å². The maximum atomic E-state index is 13.1. The summed E-state index contributed by atoms with van der Waals surface area (Å²) in [4.78, 5) is 14.8. The van der Waals surface area contributed by atoms with Gasteiger partial charge in [-0.15, -0.1) is 0 Å². The Bertz CT molecular complexity index is 1150. The van der Waals surface area contributed by atoms with Crippen LogP contribution in [0.25, 0.3) is 0 Å². The summed E-state index contributed by atoms with van der Waals surface area (Å²) in [5.41, 5.74) is 0. The van der Waals surface area contributed by atoms with Gasteiger partial charge in [0.15, 0.2) is 14.7 Å². The van der Waals surface area contributed by atoms with Crippen LogP contribution in [0.2, 0.25) is 0 Å². The van der Waals surface area contributed by atoms with Gasteiger partial charge in [0.05, 0.1) is 5.92 Å². The molecule has 0 spiro atoms. The molecule has 0 saturated heterocycles.